The van der Waals surface area contributed by atoms with Gasteiger partial charge in [0.1, 0.15) is 6.42 Å². The number of hydrogen-bond donors (Lipinski definition) is 0. The van der Waals surface area contributed by atoms with Gasteiger partial charge in [0, 0.05) is 6.08 Å². The van der Waals surface area contributed by atoms with Crippen molar-refractivity contribution in [1.82, 2.24) is 0 Å². The Labute approximate surface area is 84.7 Å². The lowest BCUT2D eigenvalue weighted by molar-refractivity contribution is -0.349. The molecule has 16 heavy (non-hydrogen) atoms. The second-order valence-electron chi connectivity index (χ2n) is 2.64. The third-order valence-electron chi connectivity index (χ3n) is 1.24. The number of alkyl halides is 7. The molecule has 0 fully saturated rings. The van der Waals surface area contributed by atoms with Crippen molar-refractivity contribution in [3.05, 3.63) is 12.7 Å². The van der Waals surface area contributed by atoms with E-state index in [1.54, 1.807) is 0 Å². The van der Waals surface area contributed by atoms with Crippen molar-refractivity contribution in [2.24, 2.45) is 0 Å². The van der Waals surface area contributed by atoms with Crippen LogP contribution in [0.15, 0.2) is 12.7 Å². The van der Waals surface area contributed by atoms with Crippen molar-refractivity contribution in [1.29, 1.82) is 0 Å². The van der Waals surface area contributed by atoms with E-state index in [0.717, 1.165) is 0 Å². The van der Waals surface area contributed by atoms with Crippen LogP contribution >= 0.6 is 0 Å². The Bertz CT molecular complexity index is 281. The summed E-state index contributed by atoms with van der Waals surface area (Å²) in [6.07, 6.45) is -14.0. The molecule has 0 rings (SSSR count). The van der Waals surface area contributed by atoms with Crippen molar-refractivity contribution in [2.75, 3.05) is 0 Å². The van der Waals surface area contributed by atoms with Crippen molar-refractivity contribution >= 4 is 5.97 Å². The van der Waals surface area contributed by atoms with Crippen LogP contribution in [-0.4, -0.2) is 24.2 Å². The van der Waals surface area contributed by atoms with Crippen LogP contribution in [0.1, 0.15) is 6.42 Å². The normalized spacial score (nSPS) is 13.4. The first-order valence-electron chi connectivity index (χ1n) is 3.59. The van der Waals surface area contributed by atoms with Crippen molar-refractivity contribution in [2.45, 2.75) is 24.6 Å². The van der Waals surface area contributed by atoms with Crippen LogP contribution in [0, 0.1) is 0 Å². The Morgan fingerprint density at radius 1 is 1.12 bits per heavy atom. The van der Waals surface area contributed by atoms with Crippen LogP contribution in [0.4, 0.5) is 30.7 Å². The third kappa shape index (κ3) is 4.07. The summed E-state index contributed by atoms with van der Waals surface area (Å²) >= 11 is 0. The van der Waals surface area contributed by atoms with Crippen LogP contribution < -0.4 is 0 Å². The Hall–Kier alpha value is -1.28. The van der Waals surface area contributed by atoms with Gasteiger partial charge >= 0.3 is 24.2 Å². The molecule has 94 valence electrons. The maximum Gasteiger partial charge on any atom is 0.466 e. The molecule has 0 atom stereocenters. The first kappa shape index (κ1) is 14.7. The van der Waals surface area contributed by atoms with Gasteiger partial charge in [0.25, 0.3) is 0 Å². The Morgan fingerprint density at radius 2 is 1.56 bits per heavy atom. The predicted molar refractivity (Wildman–Crippen MR) is 36.9 cm³/mol. The minimum Gasteiger partial charge on any atom is -0.393 e. The Kier molecular flexibility index (Phi) is 3.96. The van der Waals surface area contributed by atoms with Gasteiger partial charge in [-0.3, -0.25) is 0 Å². The fraction of sp³-hybridized carbons (Fsp3) is 0.571. The van der Waals surface area contributed by atoms with Gasteiger partial charge < -0.3 is 4.74 Å². The fourth-order valence-corrected chi connectivity index (χ4v) is 0.597. The summed E-state index contributed by atoms with van der Waals surface area (Å²) in [5.74, 6) is -7.49. The molecule has 0 saturated heterocycles. The monoisotopic (exact) mass is 254 g/mol. The summed E-state index contributed by atoms with van der Waals surface area (Å²) in [6.45, 7) is 2.63. The summed E-state index contributed by atoms with van der Waals surface area (Å²) in [7, 11) is 0. The summed E-state index contributed by atoms with van der Waals surface area (Å²) in [5.41, 5.74) is 0. The van der Waals surface area contributed by atoms with Crippen LogP contribution in [-0.2, 0) is 9.53 Å². The lowest BCUT2D eigenvalue weighted by Gasteiger charge is -2.25. The molecule has 0 spiro atoms. The fourth-order valence-electron chi connectivity index (χ4n) is 0.597. The smallest absolute Gasteiger partial charge is 0.393 e. The maximum atomic E-state index is 12.4. The molecule has 0 aliphatic rings. The molecule has 0 aromatic heterocycles. The average molecular weight is 254 g/mol. The van der Waals surface area contributed by atoms with Gasteiger partial charge in [-0.2, -0.15) is 30.7 Å². The summed E-state index contributed by atoms with van der Waals surface area (Å²) in [4.78, 5) is 10.2. The predicted octanol–water partition coefficient (Wildman–Crippen LogP) is 2.90. The first-order valence-corrected chi connectivity index (χ1v) is 3.59. The number of hydrogen-bond acceptors (Lipinski definition) is 2. The van der Waals surface area contributed by atoms with Gasteiger partial charge in [-0.1, -0.05) is 6.58 Å². The molecule has 0 saturated carbocycles. The lowest BCUT2D eigenvalue weighted by Crippen LogP contribution is -2.46. The van der Waals surface area contributed by atoms with Gasteiger partial charge in [-0.15, -0.1) is 0 Å². The van der Waals surface area contributed by atoms with Gasteiger partial charge in [0.15, 0.2) is 0 Å². The van der Waals surface area contributed by atoms with E-state index in [9.17, 15) is 35.5 Å². The second-order valence-corrected chi connectivity index (χ2v) is 2.64. The van der Waals surface area contributed by atoms with E-state index in [0.29, 0.717) is 0 Å². The topological polar surface area (TPSA) is 26.3 Å². The molecule has 0 aromatic rings. The molecule has 0 amide bonds. The van der Waals surface area contributed by atoms with Crippen LogP contribution in [0.2, 0.25) is 0 Å². The van der Waals surface area contributed by atoms with Gasteiger partial charge in [-0.25, -0.2) is 4.79 Å². The van der Waals surface area contributed by atoms with Gasteiger partial charge in [-0.05, 0) is 0 Å². The van der Waals surface area contributed by atoms with Gasteiger partial charge in [0.2, 0.25) is 0 Å². The van der Waals surface area contributed by atoms with Gasteiger partial charge in [0.05, 0.1) is 0 Å². The van der Waals surface area contributed by atoms with E-state index in [1.165, 1.54) is 0 Å². The molecular formula is C7H5F7O2. The number of ether oxygens (including phenoxy) is 1. The summed E-state index contributed by atoms with van der Waals surface area (Å²) in [5, 5.41) is 0. The van der Waals surface area contributed by atoms with E-state index < -0.39 is 30.6 Å². The highest BCUT2D eigenvalue weighted by molar-refractivity contribution is 5.81. The standard InChI is InChI=1S/C7H5F7O2/c1-2-4(15)16-7(13,14)5(8,9)3-6(10,11)12/h2H,1,3H2. The van der Waals surface area contributed by atoms with Crippen LogP contribution in [0.3, 0.4) is 0 Å². The SMILES string of the molecule is C=CC(=O)OC(F)(F)C(F)(F)CC(F)(F)F. The second kappa shape index (κ2) is 4.30. The molecule has 0 radical (unpaired) electrons. The molecule has 0 bridgehead atoms. The zero-order valence-electron chi connectivity index (χ0n) is 7.45. The highest BCUT2D eigenvalue weighted by Crippen LogP contribution is 2.43. The summed E-state index contributed by atoms with van der Waals surface area (Å²) < 4.78 is 87.1. The third-order valence-corrected chi connectivity index (χ3v) is 1.24. The Balaban J connectivity index is 4.83. The van der Waals surface area contributed by atoms with Crippen molar-refractivity contribution in [3.8, 4) is 0 Å². The molecule has 0 heterocycles. The van der Waals surface area contributed by atoms with E-state index in [2.05, 4.69) is 11.3 Å². The zero-order valence-corrected chi connectivity index (χ0v) is 7.45. The Morgan fingerprint density at radius 3 is 1.88 bits per heavy atom. The van der Waals surface area contributed by atoms with Crippen molar-refractivity contribution in [3.63, 3.8) is 0 Å². The molecule has 0 aliphatic heterocycles. The molecule has 9 heteroatoms. The molecule has 0 aromatic carbocycles. The van der Waals surface area contributed by atoms with E-state index in [-0.39, 0.29) is 6.08 Å². The lowest BCUT2D eigenvalue weighted by atomic mass is 10.2. The van der Waals surface area contributed by atoms with E-state index in [1.807, 2.05) is 0 Å². The van der Waals surface area contributed by atoms with Crippen LogP contribution in [0.5, 0.6) is 0 Å². The first-order chi connectivity index (χ1) is 6.91. The number of esters is 1. The molecular weight excluding hydrogens is 249 g/mol. The zero-order chi connectivity index (χ0) is 13.2. The molecule has 0 aliphatic carbocycles. The maximum absolute atomic E-state index is 12.4. The highest BCUT2D eigenvalue weighted by atomic mass is 19.4. The highest BCUT2D eigenvalue weighted by Gasteiger charge is 2.64. The average Bonchev–Trinajstić information content (AvgIpc) is 1.98. The van der Waals surface area contributed by atoms with E-state index >= 15 is 0 Å². The van der Waals surface area contributed by atoms with Crippen molar-refractivity contribution < 1.29 is 40.3 Å². The largest absolute Gasteiger partial charge is 0.466 e. The minimum absolute atomic E-state index is 0.123. The molecule has 0 unspecified atom stereocenters. The minimum atomic E-state index is -5.55. The van der Waals surface area contributed by atoms with Crippen LogP contribution in [0.25, 0.3) is 0 Å². The number of halogens is 7. The summed E-state index contributed by atoms with van der Waals surface area (Å²) in [6, 6.07) is 0. The number of carbonyl (C=O) groups is 1. The quantitative estimate of drug-likeness (QED) is 0.438. The number of carbonyl (C=O) groups excluding carboxylic acids is 1. The van der Waals surface area contributed by atoms with E-state index in [4.69, 9.17) is 0 Å². The molecule has 0 N–H and O–H groups in total. The number of rotatable bonds is 4. The molecule has 2 nitrogen and oxygen atoms in total.